The fourth-order valence-electron chi connectivity index (χ4n) is 3.61. The molecule has 0 aliphatic carbocycles. The molecule has 0 saturated carbocycles. The minimum Gasteiger partial charge on any atom is -0.444 e. The van der Waals surface area contributed by atoms with E-state index < -0.39 is 0 Å². The third-order valence-corrected chi connectivity index (χ3v) is 4.94. The summed E-state index contributed by atoms with van der Waals surface area (Å²) in [5, 5.41) is 0. The van der Waals surface area contributed by atoms with E-state index in [-0.39, 0.29) is 18.0 Å². The Morgan fingerprint density at radius 3 is 2.40 bits per heavy atom. The fourth-order valence-corrected chi connectivity index (χ4v) is 3.61. The van der Waals surface area contributed by atoms with Gasteiger partial charge in [-0.15, -0.1) is 0 Å². The predicted molar refractivity (Wildman–Crippen MR) is 94.5 cm³/mol. The summed E-state index contributed by atoms with van der Waals surface area (Å²) in [7, 11) is 0. The number of nitrogens with zero attached hydrogens (tertiary/aromatic N) is 2. The van der Waals surface area contributed by atoms with Crippen LogP contribution in [0.3, 0.4) is 0 Å². The highest BCUT2D eigenvalue weighted by molar-refractivity contribution is 5.94. The van der Waals surface area contributed by atoms with Crippen LogP contribution in [0.4, 0.5) is 10.5 Å². The molecule has 2 aromatic carbocycles. The zero-order chi connectivity index (χ0) is 17.2. The van der Waals surface area contributed by atoms with Crippen LogP contribution in [-0.2, 0) is 11.3 Å². The summed E-state index contributed by atoms with van der Waals surface area (Å²) in [5.41, 5.74) is 2.68. The Balaban J connectivity index is 1.47. The number of anilines is 1. The van der Waals surface area contributed by atoms with Gasteiger partial charge in [-0.3, -0.25) is 9.69 Å². The van der Waals surface area contributed by atoms with E-state index in [4.69, 9.17) is 4.74 Å². The fraction of sp³-hybridized carbons (Fsp3) is 0.300. The van der Waals surface area contributed by atoms with Crippen LogP contribution >= 0.6 is 0 Å². The lowest BCUT2D eigenvalue weighted by molar-refractivity contribution is 0.0708. The van der Waals surface area contributed by atoms with Gasteiger partial charge in [0.25, 0.3) is 5.91 Å². The maximum atomic E-state index is 12.6. The van der Waals surface area contributed by atoms with Gasteiger partial charge in [0, 0.05) is 30.3 Å². The Labute approximate surface area is 146 Å². The van der Waals surface area contributed by atoms with Gasteiger partial charge in [-0.2, -0.15) is 0 Å². The normalized spacial score (nSPS) is 17.8. The van der Waals surface area contributed by atoms with Crippen molar-refractivity contribution < 1.29 is 14.3 Å². The van der Waals surface area contributed by atoms with Crippen molar-refractivity contribution in [1.29, 1.82) is 0 Å². The average molecular weight is 336 g/mol. The summed E-state index contributed by atoms with van der Waals surface area (Å²) in [5.74, 6) is 0.0562. The molecule has 2 heterocycles. The number of fused-ring (bicyclic) bond motifs is 1. The van der Waals surface area contributed by atoms with Crippen molar-refractivity contribution in [3.63, 3.8) is 0 Å². The minimum absolute atomic E-state index is 0.0562. The Kier molecular flexibility index (Phi) is 4.14. The molecule has 0 bridgehead atoms. The largest absolute Gasteiger partial charge is 0.444 e. The second-order valence-corrected chi connectivity index (χ2v) is 6.44. The molecular formula is C20H20N2O3. The average Bonchev–Trinajstić information content (AvgIpc) is 2.68. The number of likely N-dealkylation sites (tertiary alicyclic amines) is 1. The van der Waals surface area contributed by atoms with Crippen LogP contribution in [0.2, 0.25) is 0 Å². The number of carbonyl (C=O) groups excluding carboxylic acids is 2. The molecule has 0 N–H and O–H groups in total. The molecule has 25 heavy (non-hydrogen) atoms. The highest BCUT2D eigenvalue weighted by Gasteiger charge is 2.34. The van der Waals surface area contributed by atoms with Gasteiger partial charge in [-0.1, -0.05) is 36.4 Å². The first kappa shape index (κ1) is 15.7. The molecule has 5 heteroatoms. The van der Waals surface area contributed by atoms with Gasteiger partial charge in [-0.25, -0.2) is 4.79 Å². The predicted octanol–water partition coefficient (Wildman–Crippen LogP) is 3.45. The standard InChI is InChI=1S/C20H20N2O3/c23-19(15-6-2-1-3-7-15)21-12-10-17(11-13-21)22-18-9-5-4-8-16(18)14-25-20(22)24/h1-9,17H,10-14H2. The summed E-state index contributed by atoms with van der Waals surface area (Å²) >= 11 is 0. The molecule has 2 aromatic rings. The molecule has 1 saturated heterocycles. The van der Waals surface area contributed by atoms with Crippen molar-refractivity contribution in [1.82, 2.24) is 4.90 Å². The number of ether oxygens (including phenoxy) is 1. The van der Waals surface area contributed by atoms with E-state index in [0.717, 1.165) is 24.1 Å². The van der Waals surface area contributed by atoms with Crippen molar-refractivity contribution in [2.45, 2.75) is 25.5 Å². The summed E-state index contributed by atoms with van der Waals surface area (Å²) < 4.78 is 5.32. The first-order chi connectivity index (χ1) is 12.2. The number of amides is 2. The number of cyclic esters (lactones) is 1. The topological polar surface area (TPSA) is 49.9 Å². The highest BCUT2D eigenvalue weighted by atomic mass is 16.6. The number of benzene rings is 2. The molecule has 5 nitrogen and oxygen atoms in total. The molecule has 0 radical (unpaired) electrons. The molecular weight excluding hydrogens is 316 g/mol. The van der Waals surface area contributed by atoms with Gasteiger partial charge >= 0.3 is 6.09 Å². The monoisotopic (exact) mass is 336 g/mol. The third-order valence-electron chi connectivity index (χ3n) is 4.94. The third kappa shape index (κ3) is 2.97. The Bertz CT molecular complexity index is 783. The first-order valence-electron chi connectivity index (χ1n) is 8.62. The van der Waals surface area contributed by atoms with E-state index in [1.165, 1.54) is 0 Å². The zero-order valence-electron chi connectivity index (χ0n) is 13.9. The maximum Gasteiger partial charge on any atom is 0.414 e. The van der Waals surface area contributed by atoms with Crippen LogP contribution in [-0.4, -0.2) is 36.0 Å². The van der Waals surface area contributed by atoms with Crippen LogP contribution in [0.15, 0.2) is 54.6 Å². The molecule has 4 rings (SSSR count). The number of piperidine rings is 1. The van der Waals surface area contributed by atoms with Gasteiger partial charge in [0.05, 0.1) is 5.69 Å². The molecule has 0 unspecified atom stereocenters. The SMILES string of the molecule is O=C(c1ccccc1)N1CCC(N2C(=O)OCc3ccccc32)CC1. The maximum absolute atomic E-state index is 12.6. The van der Waals surface area contributed by atoms with E-state index >= 15 is 0 Å². The molecule has 128 valence electrons. The van der Waals surface area contributed by atoms with Crippen molar-refractivity contribution in [3.05, 3.63) is 65.7 Å². The lowest BCUT2D eigenvalue weighted by atomic mass is 10.00. The van der Waals surface area contributed by atoms with E-state index in [2.05, 4.69) is 0 Å². The Hall–Kier alpha value is -2.82. The molecule has 2 aliphatic heterocycles. The quantitative estimate of drug-likeness (QED) is 0.844. The van der Waals surface area contributed by atoms with Gasteiger partial charge in [-0.05, 0) is 31.0 Å². The zero-order valence-corrected chi connectivity index (χ0v) is 13.9. The molecule has 1 fully saturated rings. The van der Waals surface area contributed by atoms with Gasteiger partial charge < -0.3 is 9.64 Å². The molecule has 0 spiro atoms. The summed E-state index contributed by atoms with van der Waals surface area (Å²) in [6.07, 6.45) is 1.22. The lowest BCUT2D eigenvalue weighted by Gasteiger charge is -2.40. The number of para-hydroxylation sites is 1. The van der Waals surface area contributed by atoms with Crippen molar-refractivity contribution in [2.24, 2.45) is 0 Å². The van der Waals surface area contributed by atoms with Crippen LogP contribution in [0.1, 0.15) is 28.8 Å². The van der Waals surface area contributed by atoms with Gasteiger partial charge in [0.15, 0.2) is 0 Å². The Morgan fingerprint density at radius 2 is 1.64 bits per heavy atom. The molecule has 2 amide bonds. The second kappa shape index (κ2) is 6.59. The summed E-state index contributed by atoms with van der Waals surface area (Å²) in [4.78, 5) is 28.5. The van der Waals surface area contributed by atoms with Gasteiger partial charge in [0.1, 0.15) is 6.61 Å². The van der Waals surface area contributed by atoms with E-state index in [9.17, 15) is 9.59 Å². The molecule has 0 atom stereocenters. The second-order valence-electron chi connectivity index (χ2n) is 6.44. The van der Waals surface area contributed by atoms with E-state index in [1.54, 1.807) is 4.90 Å². The number of rotatable bonds is 2. The van der Waals surface area contributed by atoms with E-state index in [1.807, 2.05) is 59.5 Å². The highest BCUT2D eigenvalue weighted by Crippen LogP contribution is 2.31. The number of hydrogen-bond acceptors (Lipinski definition) is 3. The summed E-state index contributed by atoms with van der Waals surface area (Å²) in [6, 6.07) is 17.3. The van der Waals surface area contributed by atoms with Crippen LogP contribution in [0, 0.1) is 0 Å². The smallest absolute Gasteiger partial charge is 0.414 e. The van der Waals surface area contributed by atoms with Crippen molar-refractivity contribution in [3.8, 4) is 0 Å². The van der Waals surface area contributed by atoms with Crippen LogP contribution in [0.5, 0.6) is 0 Å². The minimum atomic E-state index is -0.286. The van der Waals surface area contributed by atoms with Crippen molar-refractivity contribution >= 4 is 17.7 Å². The van der Waals surface area contributed by atoms with Crippen LogP contribution in [0.25, 0.3) is 0 Å². The van der Waals surface area contributed by atoms with E-state index in [0.29, 0.717) is 25.3 Å². The Morgan fingerprint density at radius 1 is 0.960 bits per heavy atom. The molecule has 0 aromatic heterocycles. The van der Waals surface area contributed by atoms with Crippen LogP contribution < -0.4 is 4.90 Å². The lowest BCUT2D eigenvalue weighted by Crippen LogP contribution is -2.50. The summed E-state index contributed by atoms with van der Waals surface area (Å²) in [6.45, 7) is 1.62. The van der Waals surface area contributed by atoms with Crippen molar-refractivity contribution in [2.75, 3.05) is 18.0 Å². The number of hydrogen-bond donors (Lipinski definition) is 0. The van der Waals surface area contributed by atoms with Gasteiger partial charge in [0.2, 0.25) is 0 Å². The number of carbonyl (C=O) groups is 2. The molecule has 2 aliphatic rings. The first-order valence-corrected chi connectivity index (χ1v) is 8.62.